The summed E-state index contributed by atoms with van der Waals surface area (Å²) < 4.78 is 5.88. The van der Waals surface area contributed by atoms with E-state index in [2.05, 4.69) is 17.4 Å². The van der Waals surface area contributed by atoms with Gasteiger partial charge in [0.15, 0.2) is 0 Å². The number of hydrogen-bond donors (Lipinski definition) is 1. The van der Waals surface area contributed by atoms with Crippen molar-refractivity contribution >= 4 is 40.9 Å². The van der Waals surface area contributed by atoms with Crippen LogP contribution in [-0.2, 0) is 4.79 Å². The van der Waals surface area contributed by atoms with Crippen LogP contribution in [0.3, 0.4) is 0 Å². The highest BCUT2D eigenvalue weighted by atomic mass is 35.5. The Morgan fingerprint density at radius 2 is 1.86 bits per heavy atom. The maximum atomic E-state index is 12.4. The summed E-state index contributed by atoms with van der Waals surface area (Å²) in [6.45, 7) is 0. The minimum atomic E-state index is -0.544. The lowest BCUT2D eigenvalue weighted by Crippen LogP contribution is -2.13. The van der Waals surface area contributed by atoms with Crippen LogP contribution in [0.5, 0.6) is 0 Å². The number of amides is 1. The third kappa shape index (κ3) is 4.37. The van der Waals surface area contributed by atoms with Gasteiger partial charge in [0.2, 0.25) is 0 Å². The van der Waals surface area contributed by atoms with Gasteiger partial charge in [-0.3, -0.25) is 4.79 Å². The van der Waals surface area contributed by atoms with E-state index in [1.165, 1.54) is 17.7 Å². The van der Waals surface area contributed by atoms with Gasteiger partial charge < -0.3 is 9.73 Å². The molecule has 1 aliphatic rings. The number of carbonyl (C=O) groups excluding carboxylic acids is 1. The van der Waals surface area contributed by atoms with Gasteiger partial charge in [-0.25, -0.2) is 0 Å². The van der Waals surface area contributed by atoms with Crippen molar-refractivity contribution in [2.24, 2.45) is 0 Å². The van der Waals surface area contributed by atoms with E-state index in [4.69, 9.17) is 27.6 Å². The monoisotopic (exact) mass is 422 g/mol. The molecule has 1 aromatic heterocycles. The van der Waals surface area contributed by atoms with E-state index in [1.807, 2.05) is 30.3 Å². The fourth-order valence-corrected chi connectivity index (χ4v) is 3.58. The number of nitrogens with one attached hydrogen (secondary N) is 1. The van der Waals surface area contributed by atoms with Gasteiger partial charge in [-0.1, -0.05) is 53.5 Å². The van der Waals surface area contributed by atoms with Crippen molar-refractivity contribution in [2.75, 3.05) is 5.32 Å². The predicted octanol–water partition coefficient (Wildman–Crippen LogP) is 6.40. The van der Waals surface area contributed by atoms with Crippen molar-refractivity contribution in [3.05, 3.63) is 93.4 Å². The average molecular weight is 423 g/mol. The van der Waals surface area contributed by atoms with E-state index in [0.717, 1.165) is 12.2 Å². The molecule has 29 heavy (non-hydrogen) atoms. The highest BCUT2D eigenvalue weighted by Gasteiger charge is 2.41. The number of rotatable bonds is 5. The first-order valence-corrected chi connectivity index (χ1v) is 9.83. The topological polar surface area (TPSA) is 66.0 Å². The van der Waals surface area contributed by atoms with Gasteiger partial charge in [0.25, 0.3) is 5.91 Å². The zero-order valence-corrected chi connectivity index (χ0v) is 16.7. The van der Waals surface area contributed by atoms with Crippen LogP contribution in [-0.4, -0.2) is 5.91 Å². The summed E-state index contributed by atoms with van der Waals surface area (Å²) in [6, 6.07) is 20.6. The molecule has 0 radical (unpaired) electrons. The van der Waals surface area contributed by atoms with Crippen LogP contribution >= 0.6 is 23.2 Å². The van der Waals surface area contributed by atoms with Crippen molar-refractivity contribution in [1.29, 1.82) is 5.26 Å². The van der Waals surface area contributed by atoms with Crippen molar-refractivity contribution in [1.82, 2.24) is 0 Å². The Labute approximate surface area is 178 Å². The van der Waals surface area contributed by atoms with E-state index in [-0.39, 0.29) is 5.57 Å². The second kappa shape index (κ2) is 8.16. The van der Waals surface area contributed by atoms with Gasteiger partial charge in [-0.05, 0) is 48.2 Å². The van der Waals surface area contributed by atoms with Crippen LogP contribution in [0.15, 0.2) is 70.7 Å². The number of nitriles is 1. The first-order valence-electron chi connectivity index (χ1n) is 9.08. The van der Waals surface area contributed by atoms with Crippen LogP contribution in [0.1, 0.15) is 35.3 Å². The van der Waals surface area contributed by atoms with E-state index in [1.54, 1.807) is 18.2 Å². The van der Waals surface area contributed by atoms with E-state index >= 15 is 0 Å². The quantitative estimate of drug-likeness (QED) is 0.381. The first-order chi connectivity index (χ1) is 14.0. The third-order valence-electron chi connectivity index (χ3n) is 4.86. The van der Waals surface area contributed by atoms with Gasteiger partial charge >= 0.3 is 0 Å². The molecule has 1 saturated carbocycles. The molecule has 1 N–H and O–H groups in total. The Morgan fingerprint density at radius 1 is 1.07 bits per heavy atom. The molecule has 144 valence electrons. The molecule has 4 nitrogen and oxygen atoms in total. The molecule has 6 heteroatoms. The lowest BCUT2D eigenvalue weighted by molar-refractivity contribution is -0.112. The van der Waals surface area contributed by atoms with Crippen molar-refractivity contribution in [3.63, 3.8) is 0 Å². The maximum absolute atomic E-state index is 12.4. The smallest absolute Gasteiger partial charge is 0.266 e. The van der Waals surface area contributed by atoms with Crippen LogP contribution in [0.2, 0.25) is 10.0 Å². The summed E-state index contributed by atoms with van der Waals surface area (Å²) in [4.78, 5) is 12.4. The summed E-state index contributed by atoms with van der Waals surface area (Å²) in [7, 11) is 0. The normalized spacial score (nSPS) is 18.2. The Bertz CT molecular complexity index is 1130. The van der Waals surface area contributed by atoms with Crippen molar-refractivity contribution < 1.29 is 9.21 Å². The average Bonchev–Trinajstić information content (AvgIpc) is 3.40. The Morgan fingerprint density at radius 3 is 2.59 bits per heavy atom. The number of halogens is 2. The standard InChI is InChI=1S/C23H16Cl2N2O2/c24-20-8-6-16(11-21(20)25)27-23(28)15(13-26)10-17-7-9-22(29-17)19-12-18(19)14-4-2-1-3-5-14/h1-11,18-19H,12H2,(H,27,28)/b15-10+. The third-order valence-corrected chi connectivity index (χ3v) is 5.60. The highest BCUT2D eigenvalue weighted by Crippen LogP contribution is 2.54. The number of furan rings is 1. The molecule has 0 saturated heterocycles. The summed E-state index contributed by atoms with van der Waals surface area (Å²) in [5.74, 6) is 1.58. The van der Waals surface area contributed by atoms with Crippen LogP contribution in [0.25, 0.3) is 6.08 Å². The molecule has 1 amide bonds. The second-order valence-electron chi connectivity index (χ2n) is 6.85. The SMILES string of the molecule is N#C/C(=C\c1ccc(C2CC2c2ccccc2)o1)C(=O)Nc1ccc(Cl)c(Cl)c1. The number of benzene rings is 2. The van der Waals surface area contributed by atoms with Crippen molar-refractivity contribution in [2.45, 2.75) is 18.3 Å². The van der Waals surface area contributed by atoms with Gasteiger partial charge in [-0.15, -0.1) is 0 Å². The molecule has 3 aromatic rings. The molecule has 0 bridgehead atoms. The maximum Gasteiger partial charge on any atom is 0.266 e. The summed E-state index contributed by atoms with van der Waals surface area (Å²) in [5.41, 5.74) is 1.69. The summed E-state index contributed by atoms with van der Waals surface area (Å²) in [6.07, 6.45) is 2.47. The summed E-state index contributed by atoms with van der Waals surface area (Å²) >= 11 is 11.8. The zero-order valence-electron chi connectivity index (χ0n) is 15.2. The van der Waals surface area contributed by atoms with E-state index in [9.17, 15) is 10.1 Å². The largest absolute Gasteiger partial charge is 0.461 e. The van der Waals surface area contributed by atoms with Gasteiger partial charge in [-0.2, -0.15) is 5.26 Å². The molecular formula is C23H16Cl2N2O2. The van der Waals surface area contributed by atoms with E-state index in [0.29, 0.717) is 33.3 Å². The van der Waals surface area contributed by atoms with E-state index < -0.39 is 5.91 Å². The van der Waals surface area contributed by atoms with Crippen LogP contribution < -0.4 is 5.32 Å². The number of nitrogens with zero attached hydrogens (tertiary/aromatic N) is 1. The minimum Gasteiger partial charge on any atom is -0.461 e. The van der Waals surface area contributed by atoms with Gasteiger partial charge in [0.1, 0.15) is 23.2 Å². The van der Waals surface area contributed by atoms with Gasteiger partial charge in [0.05, 0.1) is 10.0 Å². The molecule has 0 aliphatic heterocycles. The zero-order chi connectivity index (χ0) is 20.4. The molecule has 1 fully saturated rings. The lowest BCUT2D eigenvalue weighted by atomic mass is 10.1. The molecule has 0 spiro atoms. The van der Waals surface area contributed by atoms with Crippen molar-refractivity contribution in [3.8, 4) is 6.07 Å². The highest BCUT2D eigenvalue weighted by molar-refractivity contribution is 6.42. The molecule has 2 atom stereocenters. The number of hydrogen-bond acceptors (Lipinski definition) is 3. The van der Waals surface area contributed by atoms with Crippen LogP contribution in [0, 0.1) is 11.3 Å². The van der Waals surface area contributed by atoms with Crippen LogP contribution in [0.4, 0.5) is 5.69 Å². The van der Waals surface area contributed by atoms with Gasteiger partial charge in [0, 0.05) is 17.7 Å². The Balaban J connectivity index is 1.46. The molecule has 2 aromatic carbocycles. The minimum absolute atomic E-state index is 0.0626. The Hall–Kier alpha value is -3.00. The second-order valence-corrected chi connectivity index (χ2v) is 7.67. The Kier molecular flexibility index (Phi) is 5.44. The molecule has 1 heterocycles. The molecule has 2 unspecified atom stereocenters. The lowest BCUT2D eigenvalue weighted by Gasteiger charge is -2.05. The summed E-state index contributed by atoms with van der Waals surface area (Å²) in [5, 5.41) is 12.7. The first kappa shape index (κ1) is 19.3. The fourth-order valence-electron chi connectivity index (χ4n) is 3.29. The molecular weight excluding hydrogens is 407 g/mol. The molecule has 1 aliphatic carbocycles. The number of carbonyl (C=O) groups is 1. The molecule has 4 rings (SSSR count). The fraction of sp³-hybridized carbons (Fsp3) is 0.130. The predicted molar refractivity (Wildman–Crippen MR) is 114 cm³/mol. The number of anilines is 1.